The summed E-state index contributed by atoms with van der Waals surface area (Å²) < 4.78 is 15.8. The first-order valence-electron chi connectivity index (χ1n) is 10.5. The van der Waals surface area contributed by atoms with Gasteiger partial charge in [-0.05, 0) is 50.8 Å². The van der Waals surface area contributed by atoms with Crippen LogP contribution in [0.25, 0.3) is 11.1 Å². The monoisotopic (exact) mass is 427 g/mol. The third-order valence-electron chi connectivity index (χ3n) is 4.60. The van der Waals surface area contributed by atoms with Gasteiger partial charge in [0.1, 0.15) is 5.60 Å². The molecule has 2 atom stereocenters. The number of hydrogen-bond acceptors (Lipinski definition) is 5. The van der Waals surface area contributed by atoms with E-state index in [1.54, 1.807) is 27.7 Å². The summed E-state index contributed by atoms with van der Waals surface area (Å²) in [6, 6.07) is 17.9. The van der Waals surface area contributed by atoms with Gasteiger partial charge in [0.25, 0.3) is 0 Å². The Labute approximate surface area is 184 Å². The molecule has 0 unspecified atom stereocenters. The molecule has 1 amide bonds. The third kappa shape index (κ3) is 8.42. The molecule has 31 heavy (non-hydrogen) atoms. The average molecular weight is 428 g/mol. The molecule has 0 fully saturated rings. The minimum Gasteiger partial charge on any atom is -0.464 e. The number of rotatable bonds is 9. The molecule has 6 heteroatoms. The Morgan fingerprint density at radius 1 is 0.968 bits per heavy atom. The largest absolute Gasteiger partial charge is 0.464 e. The van der Waals surface area contributed by atoms with Gasteiger partial charge < -0.3 is 19.5 Å². The topological polar surface area (TPSA) is 73.9 Å². The number of methoxy groups -OCH3 is 1. The molecule has 0 saturated carbocycles. The summed E-state index contributed by atoms with van der Waals surface area (Å²) in [7, 11) is 1.46. The molecule has 0 aromatic heterocycles. The van der Waals surface area contributed by atoms with Gasteiger partial charge in [-0.25, -0.2) is 9.59 Å². The van der Waals surface area contributed by atoms with Crippen molar-refractivity contribution in [3.63, 3.8) is 0 Å². The van der Waals surface area contributed by atoms with Crippen LogP contribution in [0, 0.1) is 0 Å². The Morgan fingerprint density at radius 3 is 2.13 bits per heavy atom. The van der Waals surface area contributed by atoms with Crippen molar-refractivity contribution in [2.45, 2.75) is 58.3 Å². The Bertz CT molecular complexity index is 827. The Kier molecular flexibility index (Phi) is 9.06. The van der Waals surface area contributed by atoms with E-state index in [0.717, 1.165) is 16.7 Å². The van der Waals surface area contributed by atoms with E-state index in [1.165, 1.54) is 7.11 Å². The maximum atomic E-state index is 12.4. The fourth-order valence-corrected chi connectivity index (χ4v) is 3.20. The SMILES string of the molecule is CCOC(=O)[C@@H](C[C@H](Cc1ccc(-c2ccccc2)cc1)NC(=O)OC(C)(C)C)OC. The van der Waals surface area contributed by atoms with Crippen molar-refractivity contribution >= 4 is 12.1 Å². The van der Waals surface area contributed by atoms with Gasteiger partial charge in [0.2, 0.25) is 0 Å². The van der Waals surface area contributed by atoms with Crippen molar-refractivity contribution in [3.8, 4) is 11.1 Å². The Balaban J connectivity index is 2.14. The van der Waals surface area contributed by atoms with Crippen LogP contribution >= 0.6 is 0 Å². The molecule has 6 nitrogen and oxygen atoms in total. The van der Waals surface area contributed by atoms with Crippen LogP contribution in [0.5, 0.6) is 0 Å². The van der Waals surface area contributed by atoms with Crippen LogP contribution in [0.3, 0.4) is 0 Å². The molecule has 0 spiro atoms. The first kappa shape index (κ1) is 24.4. The van der Waals surface area contributed by atoms with Crippen LogP contribution in [0.2, 0.25) is 0 Å². The number of amides is 1. The standard InChI is InChI=1S/C25H33NO5/c1-6-30-23(27)22(29-5)17-21(26-24(28)31-25(2,3)4)16-18-12-14-20(15-13-18)19-10-8-7-9-11-19/h7-15,21-22H,6,16-17H2,1-5H3,(H,26,28)/t21-,22+/m0/s1. The zero-order chi connectivity index (χ0) is 22.9. The van der Waals surface area contributed by atoms with E-state index in [9.17, 15) is 9.59 Å². The number of ether oxygens (including phenoxy) is 3. The predicted molar refractivity (Wildman–Crippen MR) is 121 cm³/mol. The minimum absolute atomic E-state index is 0.268. The molecule has 0 aliphatic heterocycles. The van der Waals surface area contributed by atoms with E-state index in [2.05, 4.69) is 17.4 Å². The van der Waals surface area contributed by atoms with Gasteiger partial charge in [-0.2, -0.15) is 0 Å². The molecular formula is C25H33NO5. The Hall–Kier alpha value is -2.86. The highest BCUT2D eigenvalue weighted by atomic mass is 16.6. The van der Waals surface area contributed by atoms with Crippen LogP contribution in [0.15, 0.2) is 54.6 Å². The van der Waals surface area contributed by atoms with Crippen LogP contribution in [-0.4, -0.2) is 43.5 Å². The highest BCUT2D eigenvalue weighted by Crippen LogP contribution is 2.20. The third-order valence-corrected chi connectivity index (χ3v) is 4.60. The lowest BCUT2D eigenvalue weighted by Crippen LogP contribution is -2.43. The van der Waals surface area contributed by atoms with E-state index >= 15 is 0 Å². The molecule has 2 aromatic rings. The van der Waals surface area contributed by atoms with Gasteiger partial charge in [-0.3, -0.25) is 0 Å². The number of hydrogen-bond donors (Lipinski definition) is 1. The summed E-state index contributed by atoms with van der Waals surface area (Å²) in [5, 5.41) is 2.88. The number of carbonyl (C=O) groups excluding carboxylic acids is 2. The molecular weight excluding hydrogens is 394 g/mol. The number of benzene rings is 2. The normalized spacial score (nSPS) is 13.2. The fourth-order valence-electron chi connectivity index (χ4n) is 3.20. The maximum Gasteiger partial charge on any atom is 0.407 e. The highest BCUT2D eigenvalue weighted by Gasteiger charge is 2.27. The summed E-state index contributed by atoms with van der Waals surface area (Å²) in [6.07, 6.45) is -0.511. The van der Waals surface area contributed by atoms with Gasteiger partial charge in [0.15, 0.2) is 6.10 Å². The van der Waals surface area contributed by atoms with Gasteiger partial charge in [0.05, 0.1) is 6.61 Å². The van der Waals surface area contributed by atoms with Crippen molar-refractivity contribution in [1.29, 1.82) is 0 Å². The highest BCUT2D eigenvalue weighted by molar-refractivity contribution is 5.75. The van der Waals surface area contributed by atoms with E-state index in [4.69, 9.17) is 14.2 Å². The molecule has 0 aliphatic carbocycles. The van der Waals surface area contributed by atoms with E-state index in [0.29, 0.717) is 6.42 Å². The number of nitrogens with one attached hydrogen (secondary N) is 1. The zero-order valence-corrected chi connectivity index (χ0v) is 19.0. The second kappa shape index (κ2) is 11.5. The van der Waals surface area contributed by atoms with Crippen LogP contribution in [0.4, 0.5) is 4.79 Å². The minimum atomic E-state index is -0.775. The van der Waals surface area contributed by atoms with Crippen LogP contribution < -0.4 is 5.32 Å². The Morgan fingerprint density at radius 2 is 1.58 bits per heavy atom. The zero-order valence-electron chi connectivity index (χ0n) is 19.0. The first-order chi connectivity index (χ1) is 14.7. The molecule has 0 radical (unpaired) electrons. The van der Waals surface area contributed by atoms with Gasteiger partial charge in [0, 0.05) is 19.6 Å². The van der Waals surface area contributed by atoms with Crippen LogP contribution in [0.1, 0.15) is 39.7 Å². The molecule has 2 aromatic carbocycles. The summed E-state index contributed by atoms with van der Waals surface area (Å²) in [4.78, 5) is 24.6. The van der Waals surface area contributed by atoms with E-state index in [1.807, 2.05) is 42.5 Å². The molecule has 1 N–H and O–H groups in total. The molecule has 0 aliphatic rings. The quantitative estimate of drug-likeness (QED) is 0.584. The number of esters is 1. The lowest BCUT2D eigenvalue weighted by atomic mass is 9.98. The predicted octanol–water partition coefficient (Wildman–Crippen LogP) is 4.76. The molecule has 0 bridgehead atoms. The van der Waals surface area contributed by atoms with Crippen molar-refractivity contribution in [2.24, 2.45) is 0 Å². The van der Waals surface area contributed by atoms with Crippen molar-refractivity contribution in [3.05, 3.63) is 60.2 Å². The maximum absolute atomic E-state index is 12.4. The smallest absolute Gasteiger partial charge is 0.407 e. The molecule has 168 valence electrons. The summed E-state index contributed by atoms with van der Waals surface area (Å²) >= 11 is 0. The summed E-state index contributed by atoms with van der Waals surface area (Å²) in [5.41, 5.74) is 2.66. The van der Waals surface area contributed by atoms with Gasteiger partial charge >= 0.3 is 12.1 Å². The first-order valence-corrected chi connectivity index (χ1v) is 10.5. The van der Waals surface area contributed by atoms with Crippen molar-refractivity contribution < 1.29 is 23.8 Å². The fraction of sp³-hybridized carbons (Fsp3) is 0.440. The number of alkyl carbamates (subject to hydrolysis) is 1. The van der Waals surface area contributed by atoms with Crippen molar-refractivity contribution in [2.75, 3.05) is 13.7 Å². The molecule has 2 rings (SSSR count). The lowest BCUT2D eigenvalue weighted by molar-refractivity contribution is -0.155. The van der Waals surface area contributed by atoms with Crippen LogP contribution in [-0.2, 0) is 25.4 Å². The van der Waals surface area contributed by atoms with Crippen molar-refractivity contribution in [1.82, 2.24) is 5.32 Å². The number of carbonyl (C=O) groups is 2. The van der Waals surface area contributed by atoms with Gasteiger partial charge in [-0.15, -0.1) is 0 Å². The summed E-state index contributed by atoms with van der Waals surface area (Å²) in [5.74, 6) is -0.444. The molecule has 0 saturated heterocycles. The average Bonchev–Trinajstić information content (AvgIpc) is 2.71. The van der Waals surface area contributed by atoms with E-state index < -0.39 is 23.8 Å². The summed E-state index contributed by atoms with van der Waals surface area (Å²) in [6.45, 7) is 7.43. The van der Waals surface area contributed by atoms with E-state index in [-0.39, 0.29) is 19.1 Å². The van der Waals surface area contributed by atoms with Gasteiger partial charge in [-0.1, -0.05) is 54.6 Å². The second-order valence-corrected chi connectivity index (χ2v) is 8.32. The molecule has 0 heterocycles. The lowest BCUT2D eigenvalue weighted by Gasteiger charge is -2.25. The second-order valence-electron chi connectivity index (χ2n) is 8.32.